The number of sulfonamides is 1. The van der Waals surface area contributed by atoms with Crippen LogP contribution in [0.25, 0.3) is 22.2 Å². The first-order chi connectivity index (χ1) is 14.4. The highest BCUT2D eigenvalue weighted by Gasteiger charge is 2.35. The number of hydrogen-bond donors (Lipinski definition) is 2. The Hall–Kier alpha value is -3.02. The van der Waals surface area contributed by atoms with Gasteiger partial charge >= 0.3 is 12.4 Å². The number of hydrogen-bond acceptors (Lipinski definition) is 5. The Morgan fingerprint density at radius 2 is 1.97 bits per heavy atom. The predicted octanol–water partition coefficient (Wildman–Crippen LogP) is 3.38. The van der Waals surface area contributed by atoms with Crippen LogP contribution in [-0.2, 0) is 16.6 Å². The molecule has 2 heterocycles. The van der Waals surface area contributed by atoms with E-state index >= 15 is 0 Å². The number of imidazole rings is 1. The lowest BCUT2D eigenvalue weighted by atomic mass is 10.0. The Kier molecular flexibility index (Phi) is 4.99. The maximum atomic E-state index is 13.0. The molecule has 0 aliphatic heterocycles. The van der Waals surface area contributed by atoms with Crippen molar-refractivity contribution in [3.05, 3.63) is 40.3 Å². The van der Waals surface area contributed by atoms with Crippen LogP contribution in [0.1, 0.15) is 18.4 Å². The van der Waals surface area contributed by atoms with E-state index in [0.717, 1.165) is 19.1 Å². The fourth-order valence-electron chi connectivity index (χ4n) is 3.33. The molecule has 0 bridgehead atoms. The molecular formula is C19H19F3N4O4S. The molecule has 3 aromatic rings. The second-order valence-electron chi connectivity index (χ2n) is 7.66. The SMILES string of the molecule is Cc1cc(-c2cc(NS(C)(=O)=O)c3nc(OC(F)(F)F)n(CC4CC4)c3c2)c[nH]c1=O. The molecule has 0 unspecified atom stereocenters. The number of benzene rings is 1. The van der Waals surface area contributed by atoms with E-state index in [1.54, 1.807) is 19.1 Å². The van der Waals surface area contributed by atoms with Crippen LogP contribution < -0.4 is 15.0 Å². The molecule has 1 aromatic carbocycles. The number of anilines is 1. The van der Waals surface area contributed by atoms with Crippen molar-refractivity contribution in [2.45, 2.75) is 32.7 Å². The number of aromatic nitrogens is 3. The number of aryl methyl sites for hydroxylation is 1. The molecular weight excluding hydrogens is 437 g/mol. The summed E-state index contributed by atoms with van der Waals surface area (Å²) in [5.74, 6) is 0.193. The number of ether oxygens (including phenoxy) is 1. The Morgan fingerprint density at radius 3 is 2.55 bits per heavy atom. The summed E-state index contributed by atoms with van der Waals surface area (Å²) in [6.07, 6.45) is -0.817. The van der Waals surface area contributed by atoms with E-state index in [1.165, 1.54) is 16.8 Å². The summed E-state index contributed by atoms with van der Waals surface area (Å²) < 4.78 is 70.5. The number of halogens is 3. The first-order valence-electron chi connectivity index (χ1n) is 9.37. The third kappa shape index (κ3) is 4.84. The van der Waals surface area contributed by atoms with Gasteiger partial charge < -0.3 is 9.72 Å². The molecule has 0 spiro atoms. The zero-order chi connectivity index (χ0) is 22.6. The number of fused-ring (bicyclic) bond motifs is 1. The third-order valence-electron chi connectivity index (χ3n) is 4.88. The molecule has 0 amide bonds. The van der Waals surface area contributed by atoms with Gasteiger partial charge in [0.05, 0.1) is 17.5 Å². The molecule has 1 saturated carbocycles. The van der Waals surface area contributed by atoms with Gasteiger partial charge in [0.2, 0.25) is 10.0 Å². The highest BCUT2D eigenvalue weighted by atomic mass is 32.2. The predicted molar refractivity (Wildman–Crippen MR) is 108 cm³/mol. The molecule has 31 heavy (non-hydrogen) atoms. The number of alkyl halides is 3. The van der Waals surface area contributed by atoms with Gasteiger partial charge in [-0.05, 0) is 55.0 Å². The van der Waals surface area contributed by atoms with Crippen LogP contribution in [0.3, 0.4) is 0 Å². The molecule has 2 aromatic heterocycles. The molecule has 12 heteroatoms. The maximum absolute atomic E-state index is 13.0. The van der Waals surface area contributed by atoms with E-state index in [-0.39, 0.29) is 29.2 Å². The van der Waals surface area contributed by atoms with E-state index in [1.807, 2.05) is 0 Å². The van der Waals surface area contributed by atoms with Crippen LogP contribution in [0.5, 0.6) is 6.01 Å². The first kappa shape index (κ1) is 21.2. The molecule has 1 aliphatic carbocycles. The van der Waals surface area contributed by atoms with Gasteiger partial charge in [-0.15, -0.1) is 13.2 Å². The average molecular weight is 456 g/mol. The molecule has 4 rings (SSSR count). The molecule has 1 aliphatic rings. The second kappa shape index (κ2) is 7.29. The van der Waals surface area contributed by atoms with E-state index in [9.17, 15) is 26.4 Å². The monoisotopic (exact) mass is 456 g/mol. The Bertz CT molecular complexity index is 1320. The molecule has 1 fully saturated rings. The lowest BCUT2D eigenvalue weighted by Gasteiger charge is -2.12. The Balaban J connectivity index is 1.97. The van der Waals surface area contributed by atoms with Crippen molar-refractivity contribution in [1.82, 2.24) is 14.5 Å². The lowest BCUT2D eigenvalue weighted by molar-refractivity contribution is -0.278. The van der Waals surface area contributed by atoms with E-state index in [4.69, 9.17) is 0 Å². The average Bonchev–Trinajstić information content (AvgIpc) is 3.38. The topological polar surface area (TPSA) is 106 Å². The van der Waals surface area contributed by atoms with Crippen LogP contribution in [0.2, 0.25) is 0 Å². The zero-order valence-electron chi connectivity index (χ0n) is 16.6. The molecule has 0 saturated heterocycles. The highest BCUT2D eigenvalue weighted by molar-refractivity contribution is 7.92. The minimum absolute atomic E-state index is 0.0143. The number of nitrogens with one attached hydrogen (secondary N) is 2. The summed E-state index contributed by atoms with van der Waals surface area (Å²) in [6.45, 7) is 1.87. The maximum Gasteiger partial charge on any atom is 0.575 e. The Labute approximate surface area is 175 Å². The van der Waals surface area contributed by atoms with E-state index in [0.29, 0.717) is 22.2 Å². The normalized spacial score (nSPS) is 14.7. The second-order valence-corrected chi connectivity index (χ2v) is 9.41. The van der Waals surface area contributed by atoms with Crippen LogP contribution >= 0.6 is 0 Å². The van der Waals surface area contributed by atoms with Crippen molar-refractivity contribution in [2.75, 3.05) is 11.0 Å². The largest absolute Gasteiger partial charge is 0.575 e. The van der Waals surface area contributed by atoms with Crippen molar-refractivity contribution >= 4 is 26.7 Å². The number of H-pyrrole nitrogens is 1. The fourth-order valence-corrected chi connectivity index (χ4v) is 3.88. The molecule has 0 atom stereocenters. The van der Waals surface area contributed by atoms with Crippen molar-refractivity contribution in [2.24, 2.45) is 5.92 Å². The smallest absolute Gasteiger partial charge is 0.372 e. The quantitative estimate of drug-likeness (QED) is 0.592. The van der Waals surface area contributed by atoms with Crippen LogP contribution in [0, 0.1) is 12.8 Å². The highest BCUT2D eigenvalue weighted by Crippen LogP contribution is 2.38. The molecule has 8 nitrogen and oxygen atoms in total. The summed E-state index contributed by atoms with van der Waals surface area (Å²) in [6, 6.07) is 4.02. The number of rotatable bonds is 6. The lowest BCUT2D eigenvalue weighted by Crippen LogP contribution is -2.20. The van der Waals surface area contributed by atoms with Gasteiger partial charge in [-0.2, -0.15) is 4.98 Å². The third-order valence-corrected chi connectivity index (χ3v) is 5.47. The number of pyridine rings is 1. The summed E-state index contributed by atoms with van der Waals surface area (Å²) in [5.41, 5.74) is 1.55. The number of aromatic amines is 1. The summed E-state index contributed by atoms with van der Waals surface area (Å²) >= 11 is 0. The van der Waals surface area contributed by atoms with Gasteiger partial charge in [0.15, 0.2) is 0 Å². The molecule has 0 radical (unpaired) electrons. The van der Waals surface area contributed by atoms with Crippen molar-refractivity contribution < 1.29 is 26.3 Å². The minimum atomic E-state index is -4.95. The zero-order valence-corrected chi connectivity index (χ0v) is 17.4. The minimum Gasteiger partial charge on any atom is -0.372 e. The van der Waals surface area contributed by atoms with Gasteiger partial charge in [0, 0.05) is 18.3 Å². The van der Waals surface area contributed by atoms with Gasteiger partial charge in [-0.3, -0.25) is 14.1 Å². The van der Waals surface area contributed by atoms with Crippen molar-refractivity contribution in [3.63, 3.8) is 0 Å². The molecule has 2 N–H and O–H groups in total. The van der Waals surface area contributed by atoms with E-state index < -0.39 is 22.4 Å². The van der Waals surface area contributed by atoms with Gasteiger partial charge in [-0.25, -0.2) is 8.42 Å². The Morgan fingerprint density at radius 1 is 1.26 bits per heavy atom. The van der Waals surface area contributed by atoms with Crippen LogP contribution in [0.15, 0.2) is 29.2 Å². The summed E-state index contributed by atoms with van der Waals surface area (Å²) in [7, 11) is -3.75. The van der Waals surface area contributed by atoms with Crippen molar-refractivity contribution in [1.29, 1.82) is 0 Å². The molecule has 166 valence electrons. The summed E-state index contributed by atoms with van der Waals surface area (Å²) in [4.78, 5) is 18.3. The van der Waals surface area contributed by atoms with E-state index in [2.05, 4.69) is 19.4 Å². The van der Waals surface area contributed by atoms with Crippen molar-refractivity contribution in [3.8, 4) is 17.1 Å². The van der Waals surface area contributed by atoms with Crippen LogP contribution in [-0.4, -0.2) is 35.6 Å². The fraction of sp³-hybridized carbons (Fsp3) is 0.368. The van der Waals surface area contributed by atoms with Gasteiger partial charge in [0.1, 0.15) is 5.52 Å². The van der Waals surface area contributed by atoms with Gasteiger partial charge in [0.25, 0.3) is 5.56 Å². The number of nitrogens with zero attached hydrogens (tertiary/aromatic N) is 2. The standard InChI is InChI=1S/C19H19F3N4O4S/c1-10-5-13(8-23-17(10)27)12-6-14(25-31(2,28)29)16-15(7-12)26(9-11-3-4-11)18(24-16)30-19(20,21)22/h5-8,11,25H,3-4,9H2,1-2H3,(H,23,27). The van der Waals surface area contributed by atoms with Crippen LogP contribution in [0.4, 0.5) is 18.9 Å². The summed E-state index contributed by atoms with van der Waals surface area (Å²) in [5, 5.41) is 0. The van der Waals surface area contributed by atoms with Gasteiger partial charge in [-0.1, -0.05) is 0 Å². The first-order valence-corrected chi connectivity index (χ1v) is 11.3.